The first-order valence-electron chi connectivity index (χ1n) is 5.65. The van der Waals surface area contributed by atoms with Crippen LogP contribution in [0.1, 0.15) is 21.7 Å². The molecule has 0 aliphatic heterocycles. The van der Waals surface area contributed by atoms with Crippen LogP contribution in [-0.4, -0.2) is 15.6 Å². The maximum Gasteiger partial charge on any atom is 0.341 e. The van der Waals surface area contributed by atoms with Crippen molar-refractivity contribution in [2.75, 3.05) is 0 Å². The summed E-state index contributed by atoms with van der Waals surface area (Å²) in [5.74, 6) is -1.79. The highest BCUT2D eigenvalue weighted by atomic mass is 19.1. The summed E-state index contributed by atoms with van der Waals surface area (Å²) in [5.41, 5.74) is 0.00384. The summed E-state index contributed by atoms with van der Waals surface area (Å²) in [5, 5.41) is 9.07. The Hall–Kier alpha value is -2.43. The lowest BCUT2D eigenvalue weighted by atomic mass is 10.1. The quantitative estimate of drug-likeness (QED) is 0.902. The van der Waals surface area contributed by atoms with Gasteiger partial charge in [0.1, 0.15) is 11.4 Å². The summed E-state index contributed by atoms with van der Waals surface area (Å²) in [6.45, 7) is 3.12. The first kappa shape index (κ1) is 13.0. The first-order chi connectivity index (χ1) is 8.93. The minimum atomic E-state index is -1.31. The number of para-hydroxylation sites is 1. The van der Waals surface area contributed by atoms with Crippen LogP contribution in [-0.2, 0) is 0 Å². The second kappa shape index (κ2) is 4.68. The molecule has 0 bridgehead atoms. The summed E-state index contributed by atoms with van der Waals surface area (Å²) in [7, 11) is 0. The number of hydrogen-bond acceptors (Lipinski definition) is 2. The van der Waals surface area contributed by atoms with E-state index in [0.717, 1.165) is 0 Å². The van der Waals surface area contributed by atoms with Gasteiger partial charge in [0, 0.05) is 17.5 Å². The molecule has 4 nitrogen and oxygen atoms in total. The lowest BCUT2D eigenvalue weighted by Gasteiger charge is -2.16. The standard InChI is InChI=1S/C14H12FNO3/c1-8-7-12(17)13(14(18)19)9(2)16(8)11-6-4-3-5-10(11)15/h3-7H,1-2H3,(H,18,19). The van der Waals surface area contributed by atoms with Crippen LogP contribution < -0.4 is 5.43 Å². The molecule has 0 atom stereocenters. The number of benzene rings is 1. The summed E-state index contributed by atoms with van der Waals surface area (Å²) in [6, 6.07) is 7.21. The monoisotopic (exact) mass is 261 g/mol. The normalized spacial score (nSPS) is 10.5. The fourth-order valence-corrected chi connectivity index (χ4v) is 2.14. The van der Waals surface area contributed by atoms with E-state index in [4.69, 9.17) is 5.11 Å². The van der Waals surface area contributed by atoms with Crippen molar-refractivity contribution >= 4 is 5.97 Å². The van der Waals surface area contributed by atoms with E-state index in [0.29, 0.717) is 5.69 Å². The van der Waals surface area contributed by atoms with Gasteiger partial charge in [-0.15, -0.1) is 0 Å². The van der Waals surface area contributed by atoms with E-state index in [1.54, 1.807) is 19.1 Å². The topological polar surface area (TPSA) is 59.3 Å². The van der Waals surface area contributed by atoms with Crippen LogP contribution in [0.5, 0.6) is 0 Å². The number of aromatic carboxylic acids is 1. The zero-order chi connectivity index (χ0) is 14.2. The Kier molecular flexibility index (Phi) is 3.21. The van der Waals surface area contributed by atoms with Crippen molar-refractivity contribution < 1.29 is 14.3 Å². The Morgan fingerprint density at radius 1 is 1.26 bits per heavy atom. The van der Waals surface area contributed by atoms with E-state index in [1.807, 2.05) is 0 Å². The molecule has 0 saturated carbocycles. The van der Waals surface area contributed by atoms with Crippen molar-refractivity contribution in [1.29, 1.82) is 0 Å². The number of hydrogen-bond donors (Lipinski definition) is 1. The van der Waals surface area contributed by atoms with Gasteiger partial charge in [-0.3, -0.25) is 4.79 Å². The minimum Gasteiger partial charge on any atom is -0.477 e. The molecule has 19 heavy (non-hydrogen) atoms. The number of halogens is 1. The third kappa shape index (κ3) is 2.14. The molecule has 1 aromatic carbocycles. The molecule has 0 unspecified atom stereocenters. The fourth-order valence-electron chi connectivity index (χ4n) is 2.14. The number of carbonyl (C=O) groups is 1. The Labute approximate surface area is 108 Å². The van der Waals surface area contributed by atoms with Gasteiger partial charge in [0.25, 0.3) is 0 Å². The smallest absolute Gasteiger partial charge is 0.341 e. The molecule has 2 aromatic rings. The molecule has 5 heteroatoms. The third-order valence-corrected chi connectivity index (χ3v) is 2.94. The van der Waals surface area contributed by atoms with Crippen LogP contribution in [0.2, 0.25) is 0 Å². The summed E-state index contributed by atoms with van der Waals surface area (Å²) in [6.07, 6.45) is 0. The number of rotatable bonds is 2. The van der Waals surface area contributed by atoms with E-state index in [1.165, 1.54) is 29.7 Å². The molecule has 1 aromatic heterocycles. The summed E-state index contributed by atoms with van der Waals surface area (Å²) in [4.78, 5) is 22.8. The number of aromatic nitrogens is 1. The fraction of sp³-hybridized carbons (Fsp3) is 0.143. The van der Waals surface area contributed by atoms with Crippen LogP contribution in [0.3, 0.4) is 0 Å². The molecular formula is C14H12FNO3. The molecule has 2 rings (SSSR count). The second-order valence-electron chi connectivity index (χ2n) is 4.20. The first-order valence-corrected chi connectivity index (χ1v) is 5.65. The number of carboxylic acid groups (broad SMARTS) is 1. The number of carboxylic acids is 1. The highest BCUT2D eigenvalue weighted by molar-refractivity contribution is 5.88. The maximum absolute atomic E-state index is 13.8. The lowest BCUT2D eigenvalue weighted by molar-refractivity contribution is 0.0694. The van der Waals surface area contributed by atoms with Crippen LogP contribution in [0, 0.1) is 19.7 Å². The molecule has 98 valence electrons. The Balaban J connectivity index is 2.86. The molecular weight excluding hydrogens is 249 g/mol. The molecule has 1 heterocycles. The third-order valence-electron chi connectivity index (χ3n) is 2.94. The maximum atomic E-state index is 13.8. The average molecular weight is 261 g/mol. The van der Waals surface area contributed by atoms with E-state index in [9.17, 15) is 14.0 Å². The predicted octanol–water partition coefficient (Wildman–Crippen LogP) is 2.29. The summed E-state index contributed by atoms with van der Waals surface area (Å²) >= 11 is 0. The Morgan fingerprint density at radius 2 is 1.89 bits per heavy atom. The highest BCUT2D eigenvalue weighted by Gasteiger charge is 2.18. The molecule has 1 N–H and O–H groups in total. The van der Waals surface area contributed by atoms with Gasteiger partial charge < -0.3 is 9.67 Å². The minimum absolute atomic E-state index is 0.211. The second-order valence-corrected chi connectivity index (χ2v) is 4.20. The van der Waals surface area contributed by atoms with Gasteiger partial charge in [0.05, 0.1) is 5.69 Å². The van der Waals surface area contributed by atoms with Crippen molar-refractivity contribution in [3.63, 3.8) is 0 Å². The zero-order valence-corrected chi connectivity index (χ0v) is 10.5. The zero-order valence-electron chi connectivity index (χ0n) is 10.5. The molecule has 0 aliphatic rings. The van der Waals surface area contributed by atoms with Crippen molar-refractivity contribution in [2.24, 2.45) is 0 Å². The largest absolute Gasteiger partial charge is 0.477 e. The van der Waals surface area contributed by atoms with Gasteiger partial charge in [0.15, 0.2) is 5.43 Å². The SMILES string of the molecule is Cc1cc(=O)c(C(=O)O)c(C)n1-c1ccccc1F. The van der Waals surface area contributed by atoms with Crippen molar-refractivity contribution in [3.05, 3.63) is 63.3 Å². The van der Waals surface area contributed by atoms with Crippen LogP contribution in [0.15, 0.2) is 35.1 Å². The van der Waals surface area contributed by atoms with Crippen LogP contribution in [0.25, 0.3) is 5.69 Å². The van der Waals surface area contributed by atoms with Crippen molar-refractivity contribution in [1.82, 2.24) is 4.57 Å². The highest BCUT2D eigenvalue weighted by Crippen LogP contribution is 2.18. The van der Waals surface area contributed by atoms with E-state index < -0.39 is 17.2 Å². The van der Waals surface area contributed by atoms with E-state index in [-0.39, 0.29) is 16.9 Å². The van der Waals surface area contributed by atoms with E-state index in [2.05, 4.69) is 0 Å². The predicted molar refractivity (Wildman–Crippen MR) is 68.4 cm³/mol. The van der Waals surface area contributed by atoms with Gasteiger partial charge in [-0.25, -0.2) is 9.18 Å². The van der Waals surface area contributed by atoms with Gasteiger partial charge >= 0.3 is 5.97 Å². The van der Waals surface area contributed by atoms with Crippen molar-refractivity contribution in [2.45, 2.75) is 13.8 Å². The Morgan fingerprint density at radius 3 is 2.47 bits per heavy atom. The van der Waals surface area contributed by atoms with Crippen LogP contribution in [0.4, 0.5) is 4.39 Å². The number of pyridine rings is 1. The van der Waals surface area contributed by atoms with E-state index >= 15 is 0 Å². The molecule has 0 fully saturated rings. The van der Waals surface area contributed by atoms with Crippen molar-refractivity contribution in [3.8, 4) is 5.69 Å². The van der Waals surface area contributed by atoms with Gasteiger partial charge in [-0.1, -0.05) is 12.1 Å². The van der Waals surface area contributed by atoms with Gasteiger partial charge in [-0.05, 0) is 26.0 Å². The number of nitrogens with zero attached hydrogens (tertiary/aromatic N) is 1. The molecule has 0 spiro atoms. The molecule has 0 amide bonds. The number of aryl methyl sites for hydroxylation is 1. The van der Waals surface area contributed by atoms with Crippen LogP contribution >= 0.6 is 0 Å². The van der Waals surface area contributed by atoms with Gasteiger partial charge in [-0.2, -0.15) is 0 Å². The van der Waals surface area contributed by atoms with Gasteiger partial charge in [0.2, 0.25) is 0 Å². The molecule has 0 saturated heterocycles. The lowest BCUT2D eigenvalue weighted by Crippen LogP contribution is -2.22. The summed E-state index contributed by atoms with van der Waals surface area (Å²) < 4.78 is 15.3. The average Bonchev–Trinajstić information content (AvgIpc) is 2.30. The molecule has 0 radical (unpaired) electrons. The molecule has 0 aliphatic carbocycles. The Bertz CT molecular complexity index is 719.